The second-order valence-electron chi connectivity index (χ2n) is 7.56. The van der Waals surface area contributed by atoms with E-state index in [-0.39, 0.29) is 30.2 Å². The fraction of sp³-hybridized carbons (Fsp3) is 0.706. The smallest absolute Gasteiger partial charge is 0.351 e. The summed E-state index contributed by atoms with van der Waals surface area (Å²) in [6, 6.07) is 1.52. The standard InChI is InChI=1S/C17H27N3O5S2/c1-17(2,3)10-27-26-7-5-14(23)18-13-4-6-20(16(24)19-13)15-8-11(22)12(9-21)25-15/h4,6,11-12,15,21-22H,5,7-10H2,1-3H3,(H,18,19,23,24)/t11-,12-,15-/m1/s1. The minimum Gasteiger partial charge on any atom is -0.394 e. The van der Waals surface area contributed by atoms with Gasteiger partial charge in [0.1, 0.15) is 18.1 Å². The molecule has 2 heterocycles. The predicted octanol–water partition coefficient (Wildman–Crippen LogP) is 1.64. The van der Waals surface area contributed by atoms with Crippen LogP contribution in [0.5, 0.6) is 0 Å². The Morgan fingerprint density at radius 2 is 2.19 bits per heavy atom. The van der Waals surface area contributed by atoms with Crippen molar-refractivity contribution in [3.8, 4) is 0 Å². The van der Waals surface area contributed by atoms with Gasteiger partial charge in [-0.1, -0.05) is 42.4 Å². The molecule has 0 aliphatic carbocycles. The van der Waals surface area contributed by atoms with Crippen LogP contribution in [0.1, 0.15) is 39.8 Å². The van der Waals surface area contributed by atoms with Crippen molar-refractivity contribution in [3.05, 3.63) is 22.7 Å². The molecule has 1 aromatic rings. The molecule has 2 rings (SSSR count). The summed E-state index contributed by atoms with van der Waals surface area (Å²) in [7, 11) is 3.40. The fourth-order valence-corrected chi connectivity index (χ4v) is 5.11. The first-order chi connectivity index (χ1) is 12.7. The van der Waals surface area contributed by atoms with Crippen molar-refractivity contribution >= 4 is 33.3 Å². The number of ether oxygens (including phenoxy) is 1. The van der Waals surface area contributed by atoms with E-state index in [0.717, 1.165) is 5.75 Å². The number of nitrogens with zero attached hydrogens (tertiary/aromatic N) is 2. The number of aromatic nitrogens is 2. The SMILES string of the molecule is CC(C)(C)CSSCCC(=O)Nc1ccn([C@H]2C[C@@H](O)[C@@H](CO)O2)c(=O)n1. The number of aliphatic hydroxyl groups excluding tert-OH is 2. The molecule has 10 heteroatoms. The highest BCUT2D eigenvalue weighted by Crippen LogP contribution is 2.30. The van der Waals surface area contributed by atoms with Gasteiger partial charge in [0.2, 0.25) is 5.91 Å². The van der Waals surface area contributed by atoms with Crippen LogP contribution in [0.4, 0.5) is 5.82 Å². The third kappa shape index (κ3) is 7.11. The van der Waals surface area contributed by atoms with Crippen LogP contribution in [0.15, 0.2) is 17.1 Å². The van der Waals surface area contributed by atoms with Gasteiger partial charge in [-0.05, 0) is 11.5 Å². The van der Waals surface area contributed by atoms with Crippen molar-refractivity contribution in [2.75, 3.05) is 23.4 Å². The highest BCUT2D eigenvalue weighted by molar-refractivity contribution is 8.76. The Morgan fingerprint density at radius 3 is 2.78 bits per heavy atom. The number of aliphatic hydroxyl groups is 2. The van der Waals surface area contributed by atoms with E-state index in [9.17, 15) is 14.7 Å². The first-order valence-electron chi connectivity index (χ1n) is 8.77. The van der Waals surface area contributed by atoms with Gasteiger partial charge >= 0.3 is 5.69 Å². The molecule has 3 N–H and O–H groups in total. The van der Waals surface area contributed by atoms with E-state index in [4.69, 9.17) is 9.84 Å². The van der Waals surface area contributed by atoms with Crippen molar-refractivity contribution in [1.29, 1.82) is 0 Å². The average molecular weight is 418 g/mol. The van der Waals surface area contributed by atoms with E-state index < -0.39 is 24.1 Å². The van der Waals surface area contributed by atoms with Gasteiger partial charge in [0, 0.05) is 30.5 Å². The van der Waals surface area contributed by atoms with Gasteiger partial charge < -0.3 is 20.3 Å². The second-order valence-corrected chi connectivity index (χ2v) is 10.1. The van der Waals surface area contributed by atoms with Crippen molar-refractivity contribution in [1.82, 2.24) is 9.55 Å². The van der Waals surface area contributed by atoms with E-state index >= 15 is 0 Å². The minimum absolute atomic E-state index is 0.186. The molecule has 0 spiro atoms. The van der Waals surface area contributed by atoms with E-state index in [0.29, 0.717) is 12.2 Å². The van der Waals surface area contributed by atoms with Crippen molar-refractivity contribution in [2.45, 2.75) is 52.0 Å². The Kier molecular flexibility index (Phi) is 8.17. The maximum absolute atomic E-state index is 12.2. The van der Waals surface area contributed by atoms with Gasteiger partial charge in [-0.25, -0.2) is 4.79 Å². The third-order valence-corrected chi connectivity index (χ3v) is 6.65. The lowest BCUT2D eigenvalue weighted by molar-refractivity contribution is -0.115. The summed E-state index contributed by atoms with van der Waals surface area (Å²) in [5.41, 5.74) is -0.331. The lowest BCUT2D eigenvalue weighted by Gasteiger charge is -2.16. The van der Waals surface area contributed by atoms with Crippen LogP contribution in [0.2, 0.25) is 0 Å². The molecule has 1 fully saturated rings. The summed E-state index contributed by atoms with van der Waals surface area (Å²) < 4.78 is 6.68. The number of rotatable bonds is 8. The minimum atomic E-state index is -0.833. The molecule has 0 aromatic carbocycles. The molecule has 3 atom stereocenters. The Bertz CT molecular complexity index is 692. The normalized spacial score (nSPS) is 22.8. The Hall–Kier alpha value is -1.07. The fourth-order valence-electron chi connectivity index (χ4n) is 2.37. The van der Waals surface area contributed by atoms with Gasteiger partial charge in [-0.3, -0.25) is 9.36 Å². The number of hydrogen-bond donors (Lipinski definition) is 3. The summed E-state index contributed by atoms with van der Waals surface area (Å²) in [4.78, 5) is 28.0. The van der Waals surface area contributed by atoms with Gasteiger partial charge in [0.25, 0.3) is 0 Å². The molecule has 0 radical (unpaired) electrons. The molecule has 1 aliphatic rings. The third-order valence-electron chi connectivity index (χ3n) is 3.78. The van der Waals surface area contributed by atoms with Gasteiger partial charge in [-0.15, -0.1) is 0 Å². The molecule has 1 amide bonds. The molecule has 0 bridgehead atoms. The molecule has 8 nitrogen and oxygen atoms in total. The maximum atomic E-state index is 12.2. The maximum Gasteiger partial charge on any atom is 0.351 e. The molecular formula is C17H27N3O5S2. The highest BCUT2D eigenvalue weighted by Gasteiger charge is 2.34. The molecule has 0 saturated carbocycles. The first-order valence-corrected chi connectivity index (χ1v) is 11.3. The van der Waals surface area contributed by atoms with Gasteiger partial charge in [0.15, 0.2) is 0 Å². The molecule has 1 saturated heterocycles. The molecule has 1 aromatic heterocycles. The predicted molar refractivity (Wildman–Crippen MR) is 108 cm³/mol. The average Bonchev–Trinajstić information content (AvgIpc) is 2.94. The largest absolute Gasteiger partial charge is 0.394 e. The van der Waals surface area contributed by atoms with Gasteiger partial charge in [-0.2, -0.15) is 4.98 Å². The monoisotopic (exact) mass is 417 g/mol. The van der Waals surface area contributed by atoms with Crippen LogP contribution in [0.3, 0.4) is 0 Å². The van der Waals surface area contributed by atoms with Crippen LogP contribution in [-0.2, 0) is 9.53 Å². The van der Waals surface area contributed by atoms with Crippen LogP contribution in [-0.4, -0.2) is 56.0 Å². The quantitative estimate of drug-likeness (QED) is 0.432. The lowest BCUT2D eigenvalue weighted by Crippen LogP contribution is -2.28. The summed E-state index contributed by atoms with van der Waals surface area (Å²) in [6.45, 7) is 6.19. The lowest BCUT2D eigenvalue weighted by atomic mass is 10.0. The van der Waals surface area contributed by atoms with Gasteiger partial charge in [0.05, 0.1) is 12.7 Å². The van der Waals surface area contributed by atoms with E-state index in [1.54, 1.807) is 21.6 Å². The Morgan fingerprint density at radius 1 is 1.44 bits per heavy atom. The number of anilines is 1. The van der Waals surface area contributed by atoms with Crippen LogP contribution >= 0.6 is 21.6 Å². The summed E-state index contributed by atoms with van der Waals surface area (Å²) in [6.07, 6.45) is -0.228. The summed E-state index contributed by atoms with van der Waals surface area (Å²) >= 11 is 0. The van der Waals surface area contributed by atoms with Crippen LogP contribution in [0, 0.1) is 5.41 Å². The molecule has 152 valence electrons. The van der Waals surface area contributed by atoms with E-state index in [1.165, 1.54) is 16.8 Å². The number of hydrogen-bond acceptors (Lipinski definition) is 8. The Labute approximate surface area is 166 Å². The highest BCUT2D eigenvalue weighted by atomic mass is 33.1. The number of carbonyl (C=O) groups is 1. The summed E-state index contributed by atoms with van der Waals surface area (Å²) in [5, 5.41) is 21.5. The zero-order valence-corrected chi connectivity index (χ0v) is 17.4. The number of amides is 1. The zero-order valence-electron chi connectivity index (χ0n) is 15.8. The number of nitrogens with one attached hydrogen (secondary N) is 1. The van der Waals surface area contributed by atoms with Crippen molar-refractivity contribution < 1.29 is 19.7 Å². The van der Waals surface area contributed by atoms with E-state index in [1.807, 2.05) is 0 Å². The van der Waals surface area contributed by atoms with Crippen LogP contribution < -0.4 is 11.0 Å². The number of carbonyl (C=O) groups excluding carboxylic acids is 1. The zero-order chi connectivity index (χ0) is 20.0. The first kappa shape index (κ1) is 22.2. The van der Waals surface area contributed by atoms with Crippen molar-refractivity contribution in [2.24, 2.45) is 5.41 Å². The summed E-state index contributed by atoms with van der Waals surface area (Å²) in [5.74, 6) is 1.68. The van der Waals surface area contributed by atoms with E-state index in [2.05, 4.69) is 31.1 Å². The van der Waals surface area contributed by atoms with Crippen molar-refractivity contribution in [3.63, 3.8) is 0 Å². The Balaban J connectivity index is 1.82. The molecule has 27 heavy (non-hydrogen) atoms. The second kappa shape index (κ2) is 9.92. The molecule has 1 aliphatic heterocycles. The molecule has 0 unspecified atom stereocenters. The van der Waals surface area contributed by atoms with Crippen LogP contribution in [0.25, 0.3) is 0 Å². The topological polar surface area (TPSA) is 114 Å². The molecular weight excluding hydrogens is 390 g/mol.